The van der Waals surface area contributed by atoms with Crippen LogP contribution in [-0.4, -0.2) is 63.9 Å². The molecule has 0 bridgehead atoms. The van der Waals surface area contributed by atoms with Gasteiger partial charge in [-0.25, -0.2) is 4.79 Å². The number of esters is 1. The van der Waals surface area contributed by atoms with Gasteiger partial charge in [0.1, 0.15) is 13.2 Å². The van der Waals surface area contributed by atoms with Gasteiger partial charge in [0, 0.05) is 39.8 Å². The molecule has 0 atom stereocenters. The summed E-state index contributed by atoms with van der Waals surface area (Å²) in [5, 5.41) is 3.26. The molecular formula is C9H18N2O3. The number of carbonyl (C=O) groups is 1. The van der Waals surface area contributed by atoms with Crippen molar-refractivity contribution in [1.29, 1.82) is 0 Å². The fourth-order valence-electron chi connectivity index (χ4n) is 1.38. The zero-order valence-corrected chi connectivity index (χ0v) is 8.62. The molecule has 82 valence electrons. The molecule has 0 radical (unpaired) electrons. The molecule has 1 N–H and O–H groups in total. The summed E-state index contributed by atoms with van der Waals surface area (Å²) < 4.78 is 9.61. The zero-order chi connectivity index (χ0) is 10.2. The van der Waals surface area contributed by atoms with Crippen LogP contribution in [0, 0.1) is 0 Å². The molecule has 0 aliphatic carbocycles. The summed E-state index contributed by atoms with van der Waals surface area (Å²) in [6, 6.07) is 0. The molecule has 0 amide bonds. The number of ether oxygens (including phenoxy) is 2. The summed E-state index contributed by atoms with van der Waals surface area (Å²) in [6.45, 7) is 5.42. The Kier molecular flexibility index (Phi) is 5.51. The zero-order valence-electron chi connectivity index (χ0n) is 8.62. The van der Waals surface area contributed by atoms with Crippen molar-refractivity contribution in [2.75, 3.05) is 53.0 Å². The van der Waals surface area contributed by atoms with Gasteiger partial charge in [-0.15, -0.1) is 0 Å². The minimum atomic E-state index is -0.289. The Labute approximate surface area is 84.4 Å². The molecule has 1 heterocycles. The largest absolute Gasteiger partial charge is 0.463 e. The van der Waals surface area contributed by atoms with Gasteiger partial charge >= 0.3 is 5.97 Å². The maximum atomic E-state index is 10.9. The lowest BCUT2D eigenvalue weighted by molar-refractivity contribution is -0.148. The van der Waals surface area contributed by atoms with E-state index in [-0.39, 0.29) is 12.6 Å². The molecule has 0 aromatic rings. The second-order valence-corrected chi connectivity index (χ2v) is 3.25. The molecule has 1 saturated heterocycles. The highest BCUT2D eigenvalue weighted by Crippen LogP contribution is 1.91. The van der Waals surface area contributed by atoms with E-state index in [0.717, 1.165) is 32.7 Å². The molecule has 5 nitrogen and oxygen atoms in total. The van der Waals surface area contributed by atoms with E-state index in [1.807, 2.05) is 0 Å². The molecule has 0 aromatic heterocycles. The first-order chi connectivity index (χ1) is 6.83. The van der Waals surface area contributed by atoms with E-state index in [4.69, 9.17) is 4.74 Å². The van der Waals surface area contributed by atoms with Crippen LogP contribution in [0.2, 0.25) is 0 Å². The number of hydrogen-bond acceptors (Lipinski definition) is 5. The van der Waals surface area contributed by atoms with Crippen molar-refractivity contribution in [1.82, 2.24) is 10.2 Å². The summed E-state index contributed by atoms with van der Waals surface area (Å²) in [5.74, 6) is -0.289. The second-order valence-electron chi connectivity index (χ2n) is 3.25. The molecule has 0 aromatic carbocycles. The maximum Gasteiger partial charge on any atom is 0.332 e. The van der Waals surface area contributed by atoms with E-state index in [1.165, 1.54) is 7.11 Å². The number of methoxy groups -OCH3 is 1. The van der Waals surface area contributed by atoms with Gasteiger partial charge in [-0.3, -0.25) is 4.90 Å². The van der Waals surface area contributed by atoms with Crippen LogP contribution >= 0.6 is 0 Å². The molecule has 5 heteroatoms. The van der Waals surface area contributed by atoms with Crippen LogP contribution in [0.15, 0.2) is 0 Å². The molecule has 0 spiro atoms. The SMILES string of the molecule is COCC(=O)OCCN1CCNCC1. The molecule has 1 aliphatic rings. The highest BCUT2D eigenvalue weighted by atomic mass is 16.6. The van der Waals surface area contributed by atoms with Crippen molar-refractivity contribution in [2.24, 2.45) is 0 Å². The minimum absolute atomic E-state index is 0.0432. The van der Waals surface area contributed by atoms with Gasteiger partial charge in [-0.1, -0.05) is 0 Å². The topological polar surface area (TPSA) is 50.8 Å². The smallest absolute Gasteiger partial charge is 0.332 e. The lowest BCUT2D eigenvalue weighted by Crippen LogP contribution is -2.44. The predicted octanol–water partition coefficient (Wildman–Crippen LogP) is -0.919. The molecular weight excluding hydrogens is 184 g/mol. The Morgan fingerprint density at radius 1 is 1.43 bits per heavy atom. The van der Waals surface area contributed by atoms with Gasteiger partial charge < -0.3 is 14.8 Å². The summed E-state index contributed by atoms with van der Waals surface area (Å²) in [5.41, 5.74) is 0. The van der Waals surface area contributed by atoms with Crippen molar-refractivity contribution >= 4 is 5.97 Å². The van der Waals surface area contributed by atoms with Gasteiger partial charge in [0.25, 0.3) is 0 Å². The third-order valence-electron chi connectivity index (χ3n) is 2.14. The third kappa shape index (κ3) is 4.55. The number of nitrogens with zero attached hydrogens (tertiary/aromatic N) is 1. The number of carbonyl (C=O) groups excluding carboxylic acids is 1. The van der Waals surface area contributed by atoms with Crippen molar-refractivity contribution in [3.63, 3.8) is 0 Å². The summed E-state index contributed by atoms with van der Waals surface area (Å²) in [7, 11) is 1.48. The first kappa shape index (κ1) is 11.4. The predicted molar refractivity (Wildman–Crippen MR) is 52.1 cm³/mol. The number of nitrogens with one attached hydrogen (secondary N) is 1. The van der Waals surface area contributed by atoms with Crippen LogP contribution in [0.5, 0.6) is 0 Å². The fourth-order valence-corrected chi connectivity index (χ4v) is 1.38. The highest BCUT2D eigenvalue weighted by Gasteiger charge is 2.09. The molecule has 1 aliphatic heterocycles. The average molecular weight is 202 g/mol. The van der Waals surface area contributed by atoms with Crippen LogP contribution in [-0.2, 0) is 14.3 Å². The first-order valence-electron chi connectivity index (χ1n) is 4.90. The number of hydrogen-bond donors (Lipinski definition) is 1. The monoisotopic (exact) mass is 202 g/mol. The van der Waals surface area contributed by atoms with Crippen LogP contribution in [0.1, 0.15) is 0 Å². The molecule has 0 unspecified atom stereocenters. The average Bonchev–Trinajstić information content (AvgIpc) is 2.20. The first-order valence-corrected chi connectivity index (χ1v) is 4.90. The highest BCUT2D eigenvalue weighted by molar-refractivity contribution is 5.70. The van der Waals surface area contributed by atoms with Gasteiger partial charge in [0.2, 0.25) is 0 Å². The molecule has 0 saturated carbocycles. The Morgan fingerprint density at radius 2 is 2.14 bits per heavy atom. The van der Waals surface area contributed by atoms with E-state index in [9.17, 15) is 4.79 Å². The molecule has 1 rings (SSSR count). The van der Waals surface area contributed by atoms with Gasteiger partial charge in [0.15, 0.2) is 0 Å². The van der Waals surface area contributed by atoms with Crippen LogP contribution in [0.4, 0.5) is 0 Å². The molecule has 1 fully saturated rings. The van der Waals surface area contributed by atoms with Crippen molar-refractivity contribution in [3.8, 4) is 0 Å². The number of piperazine rings is 1. The Hall–Kier alpha value is -0.650. The van der Waals surface area contributed by atoms with Crippen molar-refractivity contribution in [3.05, 3.63) is 0 Å². The van der Waals surface area contributed by atoms with Crippen molar-refractivity contribution < 1.29 is 14.3 Å². The van der Waals surface area contributed by atoms with E-state index in [0.29, 0.717) is 6.61 Å². The maximum absolute atomic E-state index is 10.9. The van der Waals surface area contributed by atoms with Gasteiger partial charge in [-0.2, -0.15) is 0 Å². The Balaban J connectivity index is 1.99. The Morgan fingerprint density at radius 3 is 2.79 bits per heavy atom. The van der Waals surface area contributed by atoms with E-state index in [1.54, 1.807) is 0 Å². The van der Waals surface area contributed by atoms with E-state index >= 15 is 0 Å². The van der Waals surface area contributed by atoms with Crippen molar-refractivity contribution in [2.45, 2.75) is 0 Å². The fraction of sp³-hybridized carbons (Fsp3) is 0.889. The lowest BCUT2D eigenvalue weighted by Gasteiger charge is -2.26. The standard InChI is InChI=1S/C9H18N2O3/c1-13-8-9(12)14-7-6-11-4-2-10-3-5-11/h10H,2-8H2,1H3. The lowest BCUT2D eigenvalue weighted by atomic mass is 10.4. The van der Waals surface area contributed by atoms with Gasteiger partial charge in [-0.05, 0) is 0 Å². The van der Waals surface area contributed by atoms with Crippen LogP contribution in [0.3, 0.4) is 0 Å². The Bertz CT molecular complexity index is 169. The summed E-state index contributed by atoms with van der Waals surface area (Å²) in [4.78, 5) is 13.2. The quantitative estimate of drug-likeness (QED) is 0.584. The minimum Gasteiger partial charge on any atom is -0.463 e. The second kappa shape index (κ2) is 6.75. The third-order valence-corrected chi connectivity index (χ3v) is 2.14. The molecule has 14 heavy (non-hydrogen) atoms. The number of rotatable bonds is 5. The normalized spacial score (nSPS) is 18.1. The van der Waals surface area contributed by atoms with E-state index in [2.05, 4.69) is 15.0 Å². The van der Waals surface area contributed by atoms with Gasteiger partial charge in [0.05, 0.1) is 0 Å². The summed E-state index contributed by atoms with van der Waals surface area (Å²) in [6.07, 6.45) is 0. The van der Waals surface area contributed by atoms with Crippen LogP contribution < -0.4 is 5.32 Å². The van der Waals surface area contributed by atoms with E-state index < -0.39 is 0 Å². The van der Waals surface area contributed by atoms with Crippen LogP contribution in [0.25, 0.3) is 0 Å². The summed E-state index contributed by atoms with van der Waals surface area (Å²) >= 11 is 0.